The molecule has 12 heteroatoms. The Balaban J connectivity index is 2.66. The summed E-state index contributed by atoms with van der Waals surface area (Å²) in [5.74, 6) is -3.13. The second-order valence-electron chi connectivity index (χ2n) is 21.3. The van der Waals surface area contributed by atoms with Crippen LogP contribution in [0.2, 0.25) is 0 Å². The summed E-state index contributed by atoms with van der Waals surface area (Å²) in [6.45, 7) is 5.87. The molecule has 0 aromatic carbocycles. The van der Waals surface area contributed by atoms with Crippen LogP contribution < -0.4 is 0 Å². The van der Waals surface area contributed by atoms with Crippen LogP contribution in [0.1, 0.15) is 278 Å². The molecule has 0 aromatic heterocycles. The highest BCUT2D eigenvalue weighted by Gasteiger charge is 2.50. The number of carboxylic acids is 1. The molecular weight excluding hydrogens is 973 g/mol. The summed E-state index contributed by atoms with van der Waals surface area (Å²) in [4.78, 5) is 51.2. The Bertz CT molecular complexity index is 1570. The topological polar surface area (TPSA) is 175 Å². The minimum Gasteiger partial charge on any atom is -0.479 e. The molecule has 0 bridgehead atoms. The van der Waals surface area contributed by atoms with Gasteiger partial charge in [0.1, 0.15) is 18.8 Å². The molecule has 1 fully saturated rings. The molecule has 444 valence electrons. The molecule has 3 N–H and O–H groups in total. The average molecular weight is 1090 g/mol. The smallest absolute Gasteiger partial charge is 0.335 e. The molecule has 0 saturated carbocycles. The van der Waals surface area contributed by atoms with E-state index in [1.54, 1.807) is 0 Å². The first kappa shape index (κ1) is 71.4. The highest BCUT2D eigenvalue weighted by Crippen LogP contribution is 2.27. The maximum absolute atomic E-state index is 13.2. The van der Waals surface area contributed by atoms with Gasteiger partial charge in [0.05, 0.1) is 6.61 Å². The van der Waals surface area contributed by atoms with Crippen molar-refractivity contribution < 1.29 is 58.2 Å². The van der Waals surface area contributed by atoms with Crippen molar-refractivity contribution in [2.45, 2.75) is 314 Å². The van der Waals surface area contributed by atoms with Crippen LogP contribution in [0.3, 0.4) is 0 Å². The fourth-order valence-electron chi connectivity index (χ4n) is 9.30. The van der Waals surface area contributed by atoms with E-state index in [9.17, 15) is 34.5 Å². The van der Waals surface area contributed by atoms with E-state index in [1.165, 1.54) is 116 Å². The second-order valence-corrected chi connectivity index (χ2v) is 21.3. The molecule has 1 aliphatic rings. The van der Waals surface area contributed by atoms with Crippen molar-refractivity contribution in [3.63, 3.8) is 0 Å². The van der Waals surface area contributed by atoms with Crippen LogP contribution in [0.15, 0.2) is 60.8 Å². The summed E-state index contributed by atoms with van der Waals surface area (Å²) >= 11 is 0. The largest absolute Gasteiger partial charge is 0.479 e. The van der Waals surface area contributed by atoms with Crippen molar-refractivity contribution in [2.24, 2.45) is 0 Å². The number of unbranched alkanes of at least 4 members (excludes halogenated alkanes) is 29. The van der Waals surface area contributed by atoms with E-state index in [1.807, 2.05) is 0 Å². The maximum atomic E-state index is 13.2. The number of aliphatic carboxylic acids is 1. The number of allylic oxidation sites excluding steroid dienone is 10. The third-order valence-corrected chi connectivity index (χ3v) is 14.1. The first-order valence-corrected chi connectivity index (χ1v) is 31.3. The monoisotopic (exact) mass is 1080 g/mol. The zero-order chi connectivity index (χ0) is 56.1. The van der Waals surface area contributed by atoms with Crippen molar-refractivity contribution >= 4 is 23.9 Å². The highest BCUT2D eigenvalue weighted by atomic mass is 16.7. The van der Waals surface area contributed by atoms with Crippen LogP contribution in [0, 0.1) is 0 Å². The number of aliphatic hydroxyl groups excluding tert-OH is 2. The third kappa shape index (κ3) is 43.0. The number of carboxylic acid groups (broad SMARTS) is 1. The molecule has 1 rings (SSSR count). The lowest BCUT2D eigenvalue weighted by Gasteiger charge is -2.40. The average Bonchev–Trinajstić information content (AvgIpc) is 3.42. The van der Waals surface area contributed by atoms with E-state index in [-0.39, 0.29) is 25.9 Å². The molecule has 6 atom stereocenters. The second kappa shape index (κ2) is 53.1. The minimum atomic E-state index is -1.91. The third-order valence-electron chi connectivity index (χ3n) is 14.1. The summed E-state index contributed by atoms with van der Waals surface area (Å²) in [5.41, 5.74) is 0. The molecule has 12 nitrogen and oxygen atoms in total. The Kier molecular flexibility index (Phi) is 49.2. The van der Waals surface area contributed by atoms with Gasteiger partial charge >= 0.3 is 23.9 Å². The van der Waals surface area contributed by atoms with Gasteiger partial charge in [-0.15, -0.1) is 0 Å². The molecule has 0 spiro atoms. The first-order chi connectivity index (χ1) is 37.6. The number of rotatable bonds is 53. The van der Waals surface area contributed by atoms with Crippen LogP contribution in [0.25, 0.3) is 0 Å². The van der Waals surface area contributed by atoms with Gasteiger partial charge in [0.25, 0.3) is 0 Å². The van der Waals surface area contributed by atoms with Crippen LogP contribution in [0.5, 0.6) is 0 Å². The van der Waals surface area contributed by atoms with E-state index in [0.717, 1.165) is 103 Å². The summed E-state index contributed by atoms with van der Waals surface area (Å²) < 4.78 is 28.5. The van der Waals surface area contributed by atoms with Gasteiger partial charge in [0.15, 0.2) is 24.6 Å². The van der Waals surface area contributed by atoms with Crippen LogP contribution >= 0.6 is 0 Å². The Labute approximate surface area is 468 Å². The normalized spacial score (nSPS) is 18.4. The van der Waals surface area contributed by atoms with E-state index in [4.69, 9.17) is 23.7 Å². The Morgan fingerprint density at radius 2 is 0.818 bits per heavy atom. The fourth-order valence-corrected chi connectivity index (χ4v) is 9.30. The SMILES string of the molecule is CC/C=C\C/C=C\C/C=C\CCCCCCCC(=O)OC1C(OCC(COC(=O)CCCCCCCCCCC/C=C\C/C=C\CCCCC)OC(=O)CCCCCCCCCCCCCCC)OC(C(=O)O)C(O)C1O. The number of aliphatic hydroxyl groups is 2. The van der Waals surface area contributed by atoms with Gasteiger partial charge in [-0.3, -0.25) is 14.4 Å². The van der Waals surface area contributed by atoms with E-state index in [2.05, 4.69) is 81.5 Å². The number of ether oxygens (including phenoxy) is 5. The first-order valence-electron chi connectivity index (χ1n) is 31.3. The Morgan fingerprint density at radius 3 is 1.27 bits per heavy atom. The minimum absolute atomic E-state index is 0.0414. The molecule has 0 aliphatic carbocycles. The molecular formula is C65H112O12. The van der Waals surface area contributed by atoms with Crippen LogP contribution in [-0.2, 0) is 42.9 Å². The summed E-state index contributed by atoms with van der Waals surface area (Å²) in [7, 11) is 0. The van der Waals surface area contributed by atoms with Crippen LogP contribution in [-0.4, -0.2) is 89.2 Å². The molecule has 77 heavy (non-hydrogen) atoms. The Hall–Kier alpha value is -3.58. The number of esters is 3. The van der Waals surface area contributed by atoms with Crippen molar-refractivity contribution in [3.8, 4) is 0 Å². The number of hydrogen-bond acceptors (Lipinski definition) is 11. The highest BCUT2D eigenvalue weighted by molar-refractivity contribution is 5.74. The van der Waals surface area contributed by atoms with Crippen molar-refractivity contribution in [1.29, 1.82) is 0 Å². The molecule has 6 unspecified atom stereocenters. The van der Waals surface area contributed by atoms with Gasteiger partial charge in [0.2, 0.25) is 0 Å². The summed E-state index contributed by atoms with van der Waals surface area (Å²) in [6, 6.07) is 0. The molecule has 0 radical (unpaired) electrons. The summed E-state index contributed by atoms with van der Waals surface area (Å²) in [5, 5.41) is 31.5. The number of hydrogen-bond donors (Lipinski definition) is 3. The zero-order valence-corrected chi connectivity index (χ0v) is 49.0. The Morgan fingerprint density at radius 1 is 0.442 bits per heavy atom. The van der Waals surface area contributed by atoms with Gasteiger partial charge in [-0.2, -0.15) is 0 Å². The van der Waals surface area contributed by atoms with E-state index >= 15 is 0 Å². The number of carbonyl (C=O) groups excluding carboxylic acids is 3. The molecule has 0 amide bonds. The van der Waals surface area contributed by atoms with Gasteiger partial charge in [0, 0.05) is 19.3 Å². The van der Waals surface area contributed by atoms with E-state index < -0.39 is 67.3 Å². The lowest BCUT2D eigenvalue weighted by Crippen LogP contribution is -2.61. The maximum Gasteiger partial charge on any atom is 0.335 e. The van der Waals surface area contributed by atoms with Crippen molar-refractivity contribution in [1.82, 2.24) is 0 Å². The lowest BCUT2D eigenvalue weighted by molar-refractivity contribution is -0.301. The summed E-state index contributed by atoms with van der Waals surface area (Å²) in [6.07, 6.45) is 53.2. The van der Waals surface area contributed by atoms with Gasteiger partial charge in [-0.25, -0.2) is 4.79 Å². The predicted molar refractivity (Wildman–Crippen MR) is 312 cm³/mol. The van der Waals surface area contributed by atoms with Gasteiger partial charge < -0.3 is 39.0 Å². The van der Waals surface area contributed by atoms with Crippen molar-refractivity contribution in [2.75, 3.05) is 13.2 Å². The van der Waals surface area contributed by atoms with Gasteiger partial charge in [-0.05, 0) is 83.5 Å². The molecule has 1 heterocycles. The lowest BCUT2D eigenvalue weighted by atomic mass is 9.98. The molecule has 1 saturated heterocycles. The van der Waals surface area contributed by atoms with Crippen molar-refractivity contribution in [3.05, 3.63) is 60.8 Å². The fraction of sp³-hybridized carbons (Fsp3) is 0.785. The molecule has 0 aromatic rings. The zero-order valence-electron chi connectivity index (χ0n) is 49.0. The van der Waals surface area contributed by atoms with E-state index in [0.29, 0.717) is 19.3 Å². The van der Waals surface area contributed by atoms with Gasteiger partial charge in [-0.1, -0.05) is 236 Å². The van der Waals surface area contributed by atoms with Crippen LogP contribution in [0.4, 0.5) is 0 Å². The standard InChI is InChI=1S/C65H112O12/c1-4-7-10-13-16-19-22-25-27-28-29-30-32-34-36-39-42-45-48-51-57(66)73-54-56(75-58(67)52-49-46-43-40-37-33-24-21-18-15-12-9-6-3)55-74-65-63(61(70)60(69)62(77-65)64(71)72)76-59(68)53-50-47-44-41-38-35-31-26-23-20-17-14-11-8-5-2/h8,11,16-17,19-20,25-27,31,56,60-63,65,69-70H,4-7,9-10,12-15,18,21-24,28-30,32-55H2,1-3H3,(H,71,72)/b11-8-,19-16-,20-17-,27-25-,31-26-. The quantitative estimate of drug-likeness (QED) is 0.0228. The predicted octanol–water partition coefficient (Wildman–Crippen LogP) is 16.3. The number of carbonyl (C=O) groups is 4. The molecule has 1 aliphatic heterocycles.